The van der Waals surface area contributed by atoms with Crippen molar-refractivity contribution in [2.45, 2.75) is 19.2 Å². The third-order valence-corrected chi connectivity index (χ3v) is 2.76. The Bertz CT molecular complexity index is 381. The number of alkyl halides is 3. The van der Waals surface area contributed by atoms with E-state index < -0.39 is 11.7 Å². The van der Waals surface area contributed by atoms with Gasteiger partial charge in [0.05, 0.1) is 11.7 Å². The van der Waals surface area contributed by atoms with Crippen LogP contribution in [0, 0.1) is 0 Å². The minimum atomic E-state index is -4.36. The summed E-state index contributed by atoms with van der Waals surface area (Å²) in [6.07, 6.45) is -4.52. The molecule has 6 heteroatoms. The Kier molecular flexibility index (Phi) is 4.82. The zero-order chi connectivity index (χ0) is 13.1. The van der Waals surface area contributed by atoms with Crippen molar-refractivity contribution in [1.29, 1.82) is 0 Å². The second-order valence-corrected chi connectivity index (χ2v) is 4.53. The van der Waals surface area contributed by atoms with Gasteiger partial charge in [-0.05, 0) is 25.1 Å². The van der Waals surface area contributed by atoms with E-state index in [1.54, 1.807) is 6.92 Å². The zero-order valence-corrected chi connectivity index (χ0v) is 11.0. The number of benzene rings is 1. The van der Waals surface area contributed by atoms with E-state index in [0.29, 0.717) is 11.0 Å². The molecular weight excluding hydrogens is 299 g/mol. The van der Waals surface area contributed by atoms with E-state index in [2.05, 4.69) is 21.2 Å². The fourth-order valence-electron chi connectivity index (χ4n) is 1.25. The summed E-state index contributed by atoms with van der Waals surface area (Å²) in [5, 5.41) is 2.74. The molecule has 0 aliphatic heterocycles. The van der Waals surface area contributed by atoms with Gasteiger partial charge < -0.3 is 10.1 Å². The van der Waals surface area contributed by atoms with Crippen molar-refractivity contribution in [2.24, 2.45) is 0 Å². The molecule has 0 aliphatic rings. The quantitative estimate of drug-likeness (QED) is 0.910. The Labute approximate surface area is 106 Å². The summed E-state index contributed by atoms with van der Waals surface area (Å²) in [7, 11) is 1.51. The van der Waals surface area contributed by atoms with E-state index >= 15 is 0 Å². The molecule has 0 saturated carbocycles. The van der Waals surface area contributed by atoms with Crippen LogP contribution in [0.4, 0.5) is 18.9 Å². The van der Waals surface area contributed by atoms with Crippen molar-refractivity contribution in [3.05, 3.63) is 28.2 Å². The van der Waals surface area contributed by atoms with Crippen molar-refractivity contribution < 1.29 is 17.9 Å². The van der Waals surface area contributed by atoms with Gasteiger partial charge in [0.1, 0.15) is 0 Å². The van der Waals surface area contributed by atoms with Gasteiger partial charge in [-0.25, -0.2) is 0 Å². The summed E-state index contributed by atoms with van der Waals surface area (Å²) in [5.74, 6) is 0. The maximum absolute atomic E-state index is 12.7. The number of ether oxygens (including phenoxy) is 1. The number of methoxy groups -OCH3 is 1. The minimum Gasteiger partial charge on any atom is -0.382 e. The molecule has 1 N–H and O–H groups in total. The summed E-state index contributed by atoms with van der Waals surface area (Å²) < 4.78 is 43.7. The van der Waals surface area contributed by atoms with Crippen LogP contribution in [0.2, 0.25) is 0 Å². The molecule has 0 radical (unpaired) electrons. The van der Waals surface area contributed by atoms with Crippen LogP contribution in [0.3, 0.4) is 0 Å². The molecule has 0 fully saturated rings. The Morgan fingerprint density at radius 1 is 1.41 bits per heavy atom. The largest absolute Gasteiger partial charge is 0.418 e. The normalized spacial score (nSPS) is 13.5. The van der Waals surface area contributed by atoms with Crippen molar-refractivity contribution in [3.8, 4) is 0 Å². The van der Waals surface area contributed by atoms with E-state index in [-0.39, 0.29) is 11.8 Å². The molecule has 1 atom stereocenters. The summed E-state index contributed by atoms with van der Waals surface area (Å²) in [6, 6.07) is 3.82. The maximum atomic E-state index is 12.7. The number of rotatable bonds is 4. The lowest BCUT2D eigenvalue weighted by Gasteiger charge is -2.17. The lowest BCUT2D eigenvalue weighted by atomic mass is 10.1. The molecule has 1 aromatic rings. The Morgan fingerprint density at radius 2 is 2.06 bits per heavy atom. The van der Waals surface area contributed by atoms with Crippen molar-refractivity contribution in [2.75, 3.05) is 19.0 Å². The third-order valence-electron chi connectivity index (χ3n) is 2.27. The lowest BCUT2D eigenvalue weighted by Crippen LogP contribution is -2.20. The number of nitrogens with one attached hydrogen (secondary N) is 1. The average molecular weight is 312 g/mol. The first kappa shape index (κ1) is 14.3. The fourth-order valence-corrected chi connectivity index (χ4v) is 1.61. The zero-order valence-electron chi connectivity index (χ0n) is 9.44. The highest BCUT2D eigenvalue weighted by atomic mass is 79.9. The van der Waals surface area contributed by atoms with E-state index in [1.807, 2.05) is 0 Å². The van der Waals surface area contributed by atoms with Crippen LogP contribution in [0.25, 0.3) is 0 Å². The van der Waals surface area contributed by atoms with Gasteiger partial charge in [0.25, 0.3) is 0 Å². The monoisotopic (exact) mass is 311 g/mol. The number of hydrogen-bond acceptors (Lipinski definition) is 2. The first-order chi connectivity index (χ1) is 7.84. The smallest absolute Gasteiger partial charge is 0.382 e. The van der Waals surface area contributed by atoms with Gasteiger partial charge in [0.2, 0.25) is 0 Å². The lowest BCUT2D eigenvalue weighted by molar-refractivity contribution is -0.137. The van der Waals surface area contributed by atoms with Crippen LogP contribution >= 0.6 is 15.9 Å². The van der Waals surface area contributed by atoms with E-state index in [0.717, 1.165) is 6.07 Å². The first-order valence-electron chi connectivity index (χ1n) is 4.98. The molecule has 1 rings (SSSR count). The molecule has 0 aromatic heterocycles. The molecule has 2 nitrogen and oxygen atoms in total. The first-order valence-corrected chi connectivity index (χ1v) is 5.77. The van der Waals surface area contributed by atoms with Crippen LogP contribution in [0.5, 0.6) is 0 Å². The SMILES string of the molecule is COC(C)CNc1cc(Br)ccc1C(F)(F)F. The Morgan fingerprint density at radius 3 is 2.59 bits per heavy atom. The molecular formula is C11H13BrF3NO. The van der Waals surface area contributed by atoms with E-state index in [1.165, 1.54) is 19.2 Å². The third kappa shape index (κ3) is 4.20. The van der Waals surface area contributed by atoms with Gasteiger partial charge in [-0.1, -0.05) is 15.9 Å². The predicted molar refractivity (Wildman–Crippen MR) is 64.1 cm³/mol. The summed E-state index contributed by atoms with van der Waals surface area (Å²) in [5.41, 5.74) is -0.625. The highest BCUT2D eigenvalue weighted by molar-refractivity contribution is 9.10. The van der Waals surface area contributed by atoms with Gasteiger partial charge in [-0.15, -0.1) is 0 Å². The van der Waals surface area contributed by atoms with Crippen molar-refractivity contribution in [3.63, 3.8) is 0 Å². The van der Waals surface area contributed by atoms with Crippen molar-refractivity contribution >= 4 is 21.6 Å². The van der Waals surface area contributed by atoms with Gasteiger partial charge in [0, 0.05) is 23.8 Å². The Hall–Kier alpha value is -0.750. The number of anilines is 1. The van der Waals surface area contributed by atoms with E-state index in [4.69, 9.17) is 4.74 Å². The molecule has 0 heterocycles. The van der Waals surface area contributed by atoms with Crippen LogP contribution in [-0.2, 0) is 10.9 Å². The second-order valence-electron chi connectivity index (χ2n) is 3.61. The summed E-state index contributed by atoms with van der Waals surface area (Å²) in [6.45, 7) is 2.09. The molecule has 0 spiro atoms. The van der Waals surface area contributed by atoms with Gasteiger partial charge in [-0.3, -0.25) is 0 Å². The topological polar surface area (TPSA) is 21.3 Å². The molecule has 96 valence electrons. The molecule has 0 bridgehead atoms. The molecule has 0 amide bonds. The van der Waals surface area contributed by atoms with Gasteiger partial charge >= 0.3 is 6.18 Å². The number of hydrogen-bond donors (Lipinski definition) is 1. The molecule has 17 heavy (non-hydrogen) atoms. The predicted octanol–water partition coefficient (Wildman–Crippen LogP) is 3.91. The van der Waals surface area contributed by atoms with Crippen LogP contribution in [0.1, 0.15) is 12.5 Å². The van der Waals surface area contributed by atoms with Gasteiger partial charge in [-0.2, -0.15) is 13.2 Å². The van der Waals surface area contributed by atoms with Crippen LogP contribution in [-0.4, -0.2) is 19.8 Å². The molecule has 1 aromatic carbocycles. The van der Waals surface area contributed by atoms with Crippen LogP contribution < -0.4 is 5.32 Å². The summed E-state index contributed by atoms with van der Waals surface area (Å²) >= 11 is 3.15. The minimum absolute atomic E-state index is 0.0516. The second kappa shape index (κ2) is 5.73. The fraction of sp³-hybridized carbons (Fsp3) is 0.455. The van der Waals surface area contributed by atoms with Gasteiger partial charge in [0.15, 0.2) is 0 Å². The summed E-state index contributed by atoms with van der Waals surface area (Å²) in [4.78, 5) is 0. The maximum Gasteiger partial charge on any atom is 0.418 e. The van der Waals surface area contributed by atoms with Crippen LogP contribution in [0.15, 0.2) is 22.7 Å². The van der Waals surface area contributed by atoms with Crippen molar-refractivity contribution in [1.82, 2.24) is 0 Å². The molecule has 0 aliphatic carbocycles. The molecule has 0 saturated heterocycles. The standard InChI is InChI=1S/C11H13BrF3NO/c1-7(17-2)6-16-10-5-8(12)3-4-9(10)11(13,14)15/h3-5,7,16H,6H2,1-2H3. The highest BCUT2D eigenvalue weighted by Gasteiger charge is 2.33. The average Bonchev–Trinajstić information content (AvgIpc) is 2.24. The highest BCUT2D eigenvalue weighted by Crippen LogP contribution is 2.36. The molecule has 1 unspecified atom stereocenters. The van der Waals surface area contributed by atoms with E-state index in [9.17, 15) is 13.2 Å². The number of halogens is 4. The Balaban J connectivity index is 2.92.